The Labute approximate surface area is 191 Å². The smallest absolute Gasteiger partial charge is 0.307 e. The molecule has 0 spiro atoms. The Bertz CT molecular complexity index is 912. The van der Waals surface area contributed by atoms with Crippen molar-refractivity contribution in [3.8, 4) is 0 Å². The molecule has 2 aromatic rings. The maximum atomic E-state index is 12.7. The maximum Gasteiger partial charge on any atom is 0.307 e. The summed E-state index contributed by atoms with van der Waals surface area (Å²) >= 11 is 0. The van der Waals surface area contributed by atoms with Gasteiger partial charge in [-0.25, -0.2) is 0 Å². The lowest BCUT2D eigenvalue weighted by Gasteiger charge is -2.20. The summed E-state index contributed by atoms with van der Waals surface area (Å²) in [7, 11) is 0. The Morgan fingerprint density at radius 2 is 1.50 bits per heavy atom. The standard InChI is InChI=1S/C26H34N2O4/c1-6-28(17-16-23(29)32-7-2)25(31)21-10-8-19(9-11-21)18-27-24(30)20-12-14-22(15-13-20)26(3,4)5/h8-15H,6-7,16-18H2,1-5H3,(H,27,30). The summed E-state index contributed by atoms with van der Waals surface area (Å²) in [6.07, 6.45) is 0.175. The van der Waals surface area contributed by atoms with Crippen LogP contribution in [0.2, 0.25) is 0 Å². The second-order valence-electron chi connectivity index (χ2n) is 8.65. The SMILES string of the molecule is CCOC(=O)CCN(CC)C(=O)c1ccc(CNC(=O)c2ccc(C(C)(C)C)cc2)cc1. The van der Waals surface area contributed by atoms with E-state index in [9.17, 15) is 14.4 Å². The number of amides is 2. The first-order chi connectivity index (χ1) is 15.2. The van der Waals surface area contributed by atoms with E-state index in [1.165, 1.54) is 5.56 Å². The minimum atomic E-state index is -0.308. The van der Waals surface area contributed by atoms with Crippen molar-refractivity contribution < 1.29 is 19.1 Å². The summed E-state index contributed by atoms with van der Waals surface area (Å²) < 4.78 is 4.93. The van der Waals surface area contributed by atoms with Gasteiger partial charge in [-0.2, -0.15) is 0 Å². The molecule has 0 bridgehead atoms. The second kappa shape index (κ2) is 11.5. The van der Waals surface area contributed by atoms with Crippen molar-refractivity contribution in [3.63, 3.8) is 0 Å². The Morgan fingerprint density at radius 3 is 2.03 bits per heavy atom. The monoisotopic (exact) mass is 438 g/mol. The number of benzene rings is 2. The zero-order valence-corrected chi connectivity index (χ0v) is 19.7. The molecule has 0 atom stereocenters. The van der Waals surface area contributed by atoms with Gasteiger partial charge in [0.2, 0.25) is 0 Å². The predicted octanol–water partition coefficient (Wildman–Crippen LogP) is 4.33. The van der Waals surface area contributed by atoms with Crippen LogP contribution in [-0.4, -0.2) is 42.4 Å². The molecule has 32 heavy (non-hydrogen) atoms. The van der Waals surface area contributed by atoms with Gasteiger partial charge in [0.05, 0.1) is 13.0 Å². The average molecular weight is 439 g/mol. The van der Waals surface area contributed by atoms with E-state index in [1.54, 1.807) is 24.0 Å². The van der Waals surface area contributed by atoms with Crippen LogP contribution in [0, 0.1) is 0 Å². The Balaban J connectivity index is 1.92. The summed E-state index contributed by atoms with van der Waals surface area (Å²) in [5.74, 6) is -0.578. The van der Waals surface area contributed by atoms with Crippen molar-refractivity contribution in [1.29, 1.82) is 0 Å². The van der Waals surface area contributed by atoms with E-state index < -0.39 is 0 Å². The molecule has 2 rings (SSSR count). The maximum absolute atomic E-state index is 12.7. The van der Waals surface area contributed by atoms with E-state index in [0.717, 1.165) is 5.56 Å². The quantitative estimate of drug-likeness (QED) is 0.591. The van der Waals surface area contributed by atoms with Crippen LogP contribution in [-0.2, 0) is 21.5 Å². The van der Waals surface area contributed by atoms with Gasteiger partial charge in [0.25, 0.3) is 11.8 Å². The number of rotatable bonds is 9. The third-order valence-corrected chi connectivity index (χ3v) is 5.23. The van der Waals surface area contributed by atoms with Crippen LogP contribution in [0.3, 0.4) is 0 Å². The van der Waals surface area contributed by atoms with Crippen LogP contribution in [0.4, 0.5) is 0 Å². The molecule has 172 valence electrons. The van der Waals surface area contributed by atoms with Crippen LogP contribution in [0.5, 0.6) is 0 Å². The van der Waals surface area contributed by atoms with Gasteiger partial charge in [0.15, 0.2) is 0 Å². The van der Waals surface area contributed by atoms with Crippen molar-refractivity contribution in [2.24, 2.45) is 0 Å². The van der Waals surface area contributed by atoms with E-state index in [0.29, 0.717) is 37.4 Å². The molecular weight excluding hydrogens is 404 g/mol. The minimum absolute atomic E-state index is 0.0420. The summed E-state index contributed by atoms with van der Waals surface area (Å²) in [5, 5.41) is 2.92. The molecule has 0 aliphatic heterocycles. The zero-order valence-electron chi connectivity index (χ0n) is 19.7. The number of carbonyl (C=O) groups excluding carboxylic acids is 3. The van der Waals surface area contributed by atoms with Gasteiger partial charge < -0.3 is 15.0 Å². The summed E-state index contributed by atoms with van der Waals surface area (Å²) in [6.45, 7) is 11.6. The molecule has 0 aliphatic rings. The normalized spacial score (nSPS) is 11.0. The molecule has 0 unspecified atom stereocenters. The highest BCUT2D eigenvalue weighted by Crippen LogP contribution is 2.22. The van der Waals surface area contributed by atoms with Gasteiger partial charge in [-0.3, -0.25) is 14.4 Å². The van der Waals surface area contributed by atoms with E-state index >= 15 is 0 Å². The molecule has 6 nitrogen and oxygen atoms in total. The Morgan fingerprint density at radius 1 is 0.906 bits per heavy atom. The Hall–Kier alpha value is -3.15. The lowest BCUT2D eigenvalue weighted by molar-refractivity contribution is -0.143. The lowest BCUT2D eigenvalue weighted by Crippen LogP contribution is -2.33. The zero-order chi connectivity index (χ0) is 23.7. The van der Waals surface area contributed by atoms with Crippen molar-refractivity contribution in [2.45, 2.75) is 53.0 Å². The van der Waals surface area contributed by atoms with E-state index in [2.05, 4.69) is 26.1 Å². The van der Waals surface area contributed by atoms with Crippen LogP contribution in [0.25, 0.3) is 0 Å². The third kappa shape index (κ3) is 7.22. The van der Waals surface area contributed by atoms with Crippen molar-refractivity contribution in [1.82, 2.24) is 10.2 Å². The van der Waals surface area contributed by atoms with Gasteiger partial charge >= 0.3 is 5.97 Å². The minimum Gasteiger partial charge on any atom is -0.466 e. The van der Waals surface area contributed by atoms with Crippen molar-refractivity contribution >= 4 is 17.8 Å². The van der Waals surface area contributed by atoms with Crippen molar-refractivity contribution in [2.75, 3.05) is 19.7 Å². The van der Waals surface area contributed by atoms with Gasteiger partial charge in [-0.05, 0) is 54.7 Å². The molecule has 2 aromatic carbocycles. The fraction of sp³-hybridized carbons (Fsp3) is 0.423. The lowest BCUT2D eigenvalue weighted by atomic mass is 9.87. The summed E-state index contributed by atoms with van der Waals surface area (Å²) in [5.41, 5.74) is 3.28. The molecule has 0 heterocycles. The molecule has 2 amide bonds. The fourth-order valence-corrected chi connectivity index (χ4v) is 3.22. The number of nitrogens with one attached hydrogen (secondary N) is 1. The summed E-state index contributed by atoms with van der Waals surface area (Å²) in [4.78, 5) is 38.3. The molecule has 0 radical (unpaired) electrons. The number of ether oxygens (including phenoxy) is 1. The van der Waals surface area contributed by atoms with Gasteiger partial charge in [-0.15, -0.1) is 0 Å². The molecule has 0 saturated carbocycles. The van der Waals surface area contributed by atoms with Gasteiger partial charge in [-0.1, -0.05) is 45.0 Å². The summed E-state index contributed by atoms with van der Waals surface area (Å²) in [6, 6.07) is 14.8. The highest BCUT2D eigenvalue weighted by Gasteiger charge is 2.16. The number of hydrogen-bond donors (Lipinski definition) is 1. The number of esters is 1. The highest BCUT2D eigenvalue weighted by molar-refractivity contribution is 5.95. The van der Waals surface area contributed by atoms with Crippen LogP contribution in [0.1, 0.15) is 72.9 Å². The van der Waals surface area contributed by atoms with Gasteiger partial charge in [0.1, 0.15) is 0 Å². The van der Waals surface area contributed by atoms with E-state index in [-0.39, 0.29) is 29.6 Å². The second-order valence-corrected chi connectivity index (χ2v) is 8.65. The average Bonchev–Trinajstić information content (AvgIpc) is 2.77. The number of nitrogens with zero attached hydrogens (tertiary/aromatic N) is 1. The number of hydrogen-bond acceptors (Lipinski definition) is 4. The fourth-order valence-electron chi connectivity index (χ4n) is 3.22. The largest absolute Gasteiger partial charge is 0.466 e. The molecule has 0 fully saturated rings. The first-order valence-corrected chi connectivity index (χ1v) is 11.1. The van der Waals surface area contributed by atoms with Gasteiger partial charge in [0, 0.05) is 30.8 Å². The van der Waals surface area contributed by atoms with Crippen LogP contribution < -0.4 is 5.32 Å². The molecule has 6 heteroatoms. The third-order valence-electron chi connectivity index (χ3n) is 5.23. The topological polar surface area (TPSA) is 75.7 Å². The first kappa shape index (κ1) is 25.1. The van der Waals surface area contributed by atoms with Crippen LogP contribution >= 0.6 is 0 Å². The molecule has 1 N–H and O–H groups in total. The van der Waals surface area contributed by atoms with Crippen molar-refractivity contribution in [3.05, 3.63) is 70.8 Å². The van der Waals surface area contributed by atoms with E-state index in [1.807, 2.05) is 43.3 Å². The Kier molecular flexibility index (Phi) is 9.00. The number of carbonyl (C=O) groups is 3. The molecular formula is C26H34N2O4. The predicted molar refractivity (Wildman–Crippen MR) is 126 cm³/mol. The first-order valence-electron chi connectivity index (χ1n) is 11.1. The highest BCUT2D eigenvalue weighted by atomic mass is 16.5. The molecule has 0 aliphatic carbocycles. The van der Waals surface area contributed by atoms with Crippen LogP contribution in [0.15, 0.2) is 48.5 Å². The molecule has 0 aromatic heterocycles. The molecule has 0 saturated heterocycles. The van der Waals surface area contributed by atoms with E-state index in [4.69, 9.17) is 4.74 Å².